The predicted octanol–water partition coefficient (Wildman–Crippen LogP) is 0.475. The number of hydrogen-bond donors (Lipinski definition) is 3. The first-order valence-corrected chi connectivity index (χ1v) is 7.89. The summed E-state index contributed by atoms with van der Waals surface area (Å²) in [6.07, 6.45) is 4.27. The Morgan fingerprint density at radius 3 is 3.30 bits per heavy atom. The van der Waals surface area contributed by atoms with E-state index < -0.39 is 6.10 Å². The van der Waals surface area contributed by atoms with Crippen LogP contribution in [0.2, 0.25) is 0 Å². The number of aliphatic hydroxyl groups excluding tert-OH is 1. The highest BCUT2D eigenvalue weighted by atomic mass is 16.4. The highest BCUT2D eigenvalue weighted by Crippen LogP contribution is 2.13. The van der Waals surface area contributed by atoms with E-state index in [0.29, 0.717) is 11.7 Å². The van der Waals surface area contributed by atoms with Crippen LogP contribution in [0.3, 0.4) is 0 Å². The molecule has 3 N–H and O–H groups in total. The van der Waals surface area contributed by atoms with Gasteiger partial charge in [-0.2, -0.15) is 5.10 Å². The van der Waals surface area contributed by atoms with Crippen molar-refractivity contribution in [3.8, 4) is 0 Å². The molecule has 0 amide bonds. The average molecular weight is 318 g/mol. The van der Waals surface area contributed by atoms with Crippen molar-refractivity contribution in [2.45, 2.75) is 38.5 Å². The summed E-state index contributed by atoms with van der Waals surface area (Å²) in [5.41, 5.74) is 0. The van der Waals surface area contributed by atoms with E-state index in [4.69, 9.17) is 4.42 Å². The lowest BCUT2D eigenvalue weighted by Gasteiger charge is -2.25. The molecule has 1 aliphatic heterocycles. The monoisotopic (exact) mass is 318 g/mol. The Bertz CT molecular complexity index is 636. The van der Waals surface area contributed by atoms with Gasteiger partial charge in [-0.25, -0.2) is 9.67 Å². The Balaban J connectivity index is 1.59. The van der Waals surface area contributed by atoms with E-state index in [1.54, 1.807) is 24.7 Å². The number of aliphatic imine (C=N–C) groups is 1. The van der Waals surface area contributed by atoms with Gasteiger partial charge < -0.3 is 20.2 Å². The van der Waals surface area contributed by atoms with E-state index in [2.05, 4.69) is 25.7 Å². The summed E-state index contributed by atoms with van der Waals surface area (Å²) in [6, 6.07) is 3.74. The Morgan fingerprint density at radius 2 is 2.52 bits per heavy atom. The van der Waals surface area contributed by atoms with Crippen LogP contribution in [-0.2, 0) is 13.0 Å². The van der Waals surface area contributed by atoms with Crippen LogP contribution >= 0.6 is 0 Å². The van der Waals surface area contributed by atoms with Gasteiger partial charge in [0.25, 0.3) is 0 Å². The summed E-state index contributed by atoms with van der Waals surface area (Å²) < 4.78 is 7.11. The van der Waals surface area contributed by atoms with Crippen molar-refractivity contribution >= 4 is 5.96 Å². The molecule has 0 radical (unpaired) electrons. The van der Waals surface area contributed by atoms with E-state index >= 15 is 0 Å². The quantitative estimate of drug-likeness (QED) is 0.547. The van der Waals surface area contributed by atoms with Crippen LogP contribution in [0.5, 0.6) is 0 Å². The van der Waals surface area contributed by atoms with Gasteiger partial charge in [0, 0.05) is 19.0 Å². The minimum atomic E-state index is -0.742. The molecule has 124 valence electrons. The van der Waals surface area contributed by atoms with Crippen molar-refractivity contribution in [1.82, 2.24) is 25.4 Å². The number of fused-ring (bicyclic) bond motifs is 1. The van der Waals surface area contributed by atoms with Gasteiger partial charge in [0.05, 0.1) is 19.4 Å². The highest BCUT2D eigenvalue weighted by Gasteiger charge is 2.20. The first-order chi connectivity index (χ1) is 11.3. The maximum Gasteiger partial charge on any atom is 0.191 e. The van der Waals surface area contributed by atoms with E-state index in [9.17, 15) is 5.11 Å². The molecule has 0 bridgehead atoms. The fourth-order valence-corrected chi connectivity index (χ4v) is 2.62. The fraction of sp³-hybridized carbons (Fsp3) is 0.533. The topological polar surface area (TPSA) is 100 Å². The molecule has 0 saturated heterocycles. The third-order valence-corrected chi connectivity index (χ3v) is 3.78. The fourth-order valence-electron chi connectivity index (χ4n) is 2.62. The molecule has 0 aliphatic carbocycles. The van der Waals surface area contributed by atoms with E-state index in [1.807, 2.05) is 11.6 Å². The summed E-state index contributed by atoms with van der Waals surface area (Å²) in [5, 5.41) is 20.9. The SMILES string of the molecule is CCNC(=NCC(O)c1ccco1)NC1CCc2ncnn2C1. The van der Waals surface area contributed by atoms with Crippen molar-refractivity contribution in [1.29, 1.82) is 0 Å². The summed E-state index contributed by atoms with van der Waals surface area (Å²) in [4.78, 5) is 8.68. The minimum Gasteiger partial charge on any atom is -0.467 e. The van der Waals surface area contributed by atoms with Gasteiger partial charge in [-0.05, 0) is 25.5 Å². The number of furan rings is 1. The van der Waals surface area contributed by atoms with Crippen molar-refractivity contribution in [3.05, 3.63) is 36.3 Å². The van der Waals surface area contributed by atoms with Gasteiger partial charge in [0.1, 0.15) is 24.0 Å². The summed E-state index contributed by atoms with van der Waals surface area (Å²) in [5.74, 6) is 2.24. The smallest absolute Gasteiger partial charge is 0.191 e. The molecule has 0 fully saturated rings. The van der Waals surface area contributed by atoms with Gasteiger partial charge in [0.15, 0.2) is 5.96 Å². The second-order valence-electron chi connectivity index (χ2n) is 5.49. The van der Waals surface area contributed by atoms with Crippen LogP contribution < -0.4 is 10.6 Å². The van der Waals surface area contributed by atoms with E-state index in [0.717, 1.165) is 31.8 Å². The van der Waals surface area contributed by atoms with Crippen LogP contribution in [0.25, 0.3) is 0 Å². The second kappa shape index (κ2) is 7.28. The maximum atomic E-state index is 10.1. The van der Waals surface area contributed by atoms with Crippen LogP contribution in [0, 0.1) is 0 Å². The Morgan fingerprint density at radius 1 is 1.61 bits per heavy atom. The molecule has 2 aromatic rings. The number of hydrogen-bond acceptors (Lipinski definition) is 5. The second-order valence-corrected chi connectivity index (χ2v) is 5.49. The van der Waals surface area contributed by atoms with Gasteiger partial charge in [-0.3, -0.25) is 4.99 Å². The number of aliphatic hydroxyl groups is 1. The number of aromatic nitrogens is 3. The largest absolute Gasteiger partial charge is 0.467 e. The summed E-state index contributed by atoms with van der Waals surface area (Å²) >= 11 is 0. The van der Waals surface area contributed by atoms with Crippen LogP contribution in [0.1, 0.15) is 31.0 Å². The third kappa shape index (κ3) is 3.89. The molecule has 8 nitrogen and oxygen atoms in total. The van der Waals surface area contributed by atoms with Crippen molar-refractivity contribution < 1.29 is 9.52 Å². The number of rotatable bonds is 5. The van der Waals surface area contributed by atoms with Crippen molar-refractivity contribution in [2.24, 2.45) is 4.99 Å². The lowest BCUT2D eigenvalue weighted by atomic mass is 10.1. The number of nitrogens with one attached hydrogen (secondary N) is 2. The minimum absolute atomic E-state index is 0.239. The zero-order valence-electron chi connectivity index (χ0n) is 13.1. The summed E-state index contributed by atoms with van der Waals surface area (Å²) in [6.45, 7) is 3.77. The maximum absolute atomic E-state index is 10.1. The lowest BCUT2D eigenvalue weighted by Crippen LogP contribution is -2.47. The molecule has 3 heterocycles. The first-order valence-electron chi connectivity index (χ1n) is 7.89. The van der Waals surface area contributed by atoms with E-state index in [-0.39, 0.29) is 12.6 Å². The van der Waals surface area contributed by atoms with Gasteiger partial charge in [-0.1, -0.05) is 0 Å². The zero-order chi connectivity index (χ0) is 16.1. The summed E-state index contributed by atoms with van der Waals surface area (Å²) in [7, 11) is 0. The molecular weight excluding hydrogens is 296 g/mol. The number of nitrogens with zero attached hydrogens (tertiary/aromatic N) is 4. The van der Waals surface area contributed by atoms with Gasteiger partial charge in [-0.15, -0.1) is 0 Å². The van der Waals surface area contributed by atoms with Gasteiger partial charge in [0.2, 0.25) is 0 Å². The molecule has 2 atom stereocenters. The standard InChI is InChI=1S/C15H22N6O2/c1-2-16-15(17-8-12(22)13-4-3-7-23-13)20-11-5-6-14-18-10-19-21(14)9-11/h3-4,7,10-12,22H,2,5-6,8-9H2,1H3,(H2,16,17,20). The first kappa shape index (κ1) is 15.5. The predicted molar refractivity (Wildman–Crippen MR) is 84.9 cm³/mol. The Kier molecular flexibility index (Phi) is 4.92. The van der Waals surface area contributed by atoms with Crippen molar-refractivity contribution in [2.75, 3.05) is 13.1 Å². The molecule has 23 heavy (non-hydrogen) atoms. The van der Waals surface area contributed by atoms with Crippen LogP contribution in [-0.4, -0.2) is 45.0 Å². The number of guanidine groups is 1. The third-order valence-electron chi connectivity index (χ3n) is 3.78. The molecule has 2 aromatic heterocycles. The van der Waals surface area contributed by atoms with Gasteiger partial charge >= 0.3 is 0 Å². The zero-order valence-corrected chi connectivity index (χ0v) is 13.1. The average Bonchev–Trinajstić information content (AvgIpc) is 3.23. The molecule has 0 spiro atoms. The van der Waals surface area contributed by atoms with Crippen molar-refractivity contribution in [3.63, 3.8) is 0 Å². The molecular formula is C15H22N6O2. The number of aryl methyl sites for hydroxylation is 1. The van der Waals surface area contributed by atoms with Crippen LogP contribution in [0.15, 0.2) is 34.1 Å². The molecule has 2 unspecified atom stereocenters. The van der Waals surface area contributed by atoms with Crippen LogP contribution in [0.4, 0.5) is 0 Å². The molecule has 0 aromatic carbocycles. The molecule has 3 rings (SSSR count). The lowest BCUT2D eigenvalue weighted by molar-refractivity contribution is 0.158. The highest BCUT2D eigenvalue weighted by molar-refractivity contribution is 5.80. The molecule has 8 heteroatoms. The van der Waals surface area contributed by atoms with E-state index in [1.165, 1.54) is 0 Å². The molecule has 0 saturated carbocycles. The Labute approximate surface area is 134 Å². The molecule has 1 aliphatic rings. The normalized spacial score (nSPS) is 19.2. The Hall–Kier alpha value is -2.35.